The van der Waals surface area contributed by atoms with Crippen LogP contribution in [-0.4, -0.2) is 50.4 Å². The summed E-state index contributed by atoms with van der Waals surface area (Å²) in [5.41, 5.74) is 2.01. The van der Waals surface area contributed by atoms with Crippen molar-refractivity contribution in [2.45, 2.75) is 58.1 Å². The predicted molar refractivity (Wildman–Crippen MR) is 158 cm³/mol. The maximum absolute atomic E-state index is 14.1. The molecule has 0 unspecified atom stereocenters. The molecular formula is C30H36ClN3O5S. The molecule has 0 radical (unpaired) electrons. The molecule has 3 aromatic carbocycles. The standard InChI is InChI=1S/C30H36ClN3O5S/c1-6-39-28-14-10-9-13-27(28)34(40(37,38)26-17-15-25(31)16-18-26)20-29(35)33(23(5)30(36)32-21(2)3)19-24-12-8-7-11-22(24)4/h7-18,21,23H,6,19-20H2,1-5H3,(H,32,36)/t23-/m1/s1. The normalized spacial score (nSPS) is 12.1. The van der Waals surface area contributed by atoms with Crippen molar-refractivity contribution in [1.82, 2.24) is 10.2 Å². The Morgan fingerprint density at radius 3 is 2.20 bits per heavy atom. The lowest BCUT2D eigenvalue weighted by molar-refractivity contribution is -0.139. The van der Waals surface area contributed by atoms with Gasteiger partial charge in [-0.1, -0.05) is 48.0 Å². The van der Waals surface area contributed by atoms with Crippen molar-refractivity contribution in [3.05, 3.63) is 88.9 Å². The predicted octanol–water partition coefficient (Wildman–Crippen LogP) is 5.18. The molecule has 0 aliphatic heterocycles. The lowest BCUT2D eigenvalue weighted by Gasteiger charge is -2.33. The number of hydrogen-bond donors (Lipinski definition) is 1. The number of ether oxygens (including phenoxy) is 1. The molecular weight excluding hydrogens is 550 g/mol. The molecule has 0 aliphatic rings. The van der Waals surface area contributed by atoms with E-state index >= 15 is 0 Å². The van der Waals surface area contributed by atoms with Crippen LogP contribution in [0.2, 0.25) is 5.02 Å². The summed E-state index contributed by atoms with van der Waals surface area (Å²) >= 11 is 6.01. The van der Waals surface area contributed by atoms with Gasteiger partial charge in [-0.2, -0.15) is 0 Å². The van der Waals surface area contributed by atoms with Gasteiger partial charge in [0.15, 0.2) is 0 Å². The minimum atomic E-state index is -4.24. The number of anilines is 1. The van der Waals surface area contributed by atoms with E-state index in [4.69, 9.17) is 16.3 Å². The zero-order valence-corrected chi connectivity index (χ0v) is 25.0. The van der Waals surface area contributed by atoms with E-state index in [-0.39, 0.29) is 29.1 Å². The SMILES string of the molecule is CCOc1ccccc1N(CC(=O)N(Cc1ccccc1C)[C@H](C)C(=O)NC(C)C)S(=O)(=O)c1ccc(Cl)cc1. The van der Waals surface area contributed by atoms with Crippen LogP contribution in [0.25, 0.3) is 0 Å². The van der Waals surface area contributed by atoms with Gasteiger partial charge in [-0.05, 0) is 82.1 Å². The summed E-state index contributed by atoms with van der Waals surface area (Å²) in [5, 5.41) is 3.23. The van der Waals surface area contributed by atoms with E-state index in [1.54, 1.807) is 38.1 Å². The summed E-state index contributed by atoms with van der Waals surface area (Å²) in [5.74, 6) is -0.566. The van der Waals surface area contributed by atoms with Crippen LogP contribution in [-0.2, 0) is 26.2 Å². The molecule has 8 nitrogen and oxygen atoms in total. The van der Waals surface area contributed by atoms with E-state index in [2.05, 4.69) is 5.32 Å². The third-order valence-corrected chi connectivity index (χ3v) is 8.34. The van der Waals surface area contributed by atoms with Crippen LogP contribution in [0.15, 0.2) is 77.7 Å². The summed E-state index contributed by atoms with van der Waals surface area (Å²) in [7, 11) is -4.24. The zero-order valence-electron chi connectivity index (χ0n) is 23.4. The van der Waals surface area contributed by atoms with E-state index in [9.17, 15) is 18.0 Å². The lowest BCUT2D eigenvalue weighted by Crippen LogP contribution is -2.52. The Balaban J connectivity index is 2.09. The van der Waals surface area contributed by atoms with Crippen LogP contribution in [0.4, 0.5) is 5.69 Å². The molecule has 0 fully saturated rings. The van der Waals surface area contributed by atoms with Crippen LogP contribution in [0.1, 0.15) is 38.8 Å². The molecule has 0 saturated heterocycles. The number of nitrogens with zero attached hydrogens (tertiary/aromatic N) is 2. The highest BCUT2D eigenvalue weighted by molar-refractivity contribution is 7.92. The van der Waals surface area contributed by atoms with Gasteiger partial charge in [-0.15, -0.1) is 0 Å². The van der Waals surface area contributed by atoms with Crippen molar-refractivity contribution in [3.8, 4) is 5.75 Å². The second-order valence-electron chi connectivity index (χ2n) is 9.65. The lowest BCUT2D eigenvalue weighted by atomic mass is 10.1. The van der Waals surface area contributed by atoms with Gasteiger partial charge in [0.2, 0.25) is 11.8 Å². The molecule has 2 amide bonds. The number of amides is 2. The molecule has 1 atom stereocenters. The van der Waals surface area contributed by atoms with Gasteiger partial charge in [-0.25, -0.2) is 8.42 Å². The summed E-state index contributed by atoms with van der Waals surface area (Å²) in [6, 6.07) is 18.9. The highest BCUT2D eigenvalue weighted by Gasteiger charge is 2.34. The highest BCUT2D eigenvalue weighted by atomic mass is 35.5. The van der Waals surface area contributed by atoms with E-state index in [0.717, 1.165) is 15.4 Å². The highest BCUT2D eigenvalue weighted by Crippen LogP contribution is 2.33. The fourth-order valence-corrected chi connectivity index (χ4v) is 5.70. The van der Waals surface area contributed by atoms with Crippen LogP contribution >= 0.6 is 11.6 Å². The zero-order chi connectivity index (χ0) is 29.4. The molecule has 3 rings (SSSR count). The second kappa shape index (κ2) is 13.7. The Morgan fingerprint density at radius 1 is 0.950 bits per heavy atom. The van der Waals surface area contributed by atoms with E-state index in [1.165, 1.54) is 29.2 Å². The number of rotatable bonds is 12. The van der Waals surface area contributed by atoms with Gasteiger partial charge in [0.05, 0.1) is 17.2 Å². The number of aryl methyl sites for hydroxylation is 1. The number of carbonyl (C=O) groups is 2. The number of halogens is 1. The molecule has 0 aliphatic carbocycles. The van der Waals surface area contributed by atoms with Gasteiger partial charge in [0.1, 0.15) is 18.3 Å². The summed E-state index contributed by atoms with van der Waals surface area (Å²) in [4.78, 5) is 28.5. The van der Waals surface area contributed by atoms with Crippen LogP contribution in [0.5, 0.6) is 5.75 Å². The summed E-state index contributed by atoms with van der Waals surface area (Å²) < 4.78 is 34.8. The third-order valence-electron chi connectivity index (χ3n) is 6.31. The topological polar surface area (TPSA) is 96.0 Å². The fraction of sp³-hybridized carbons (Fsp3) is 0.333. The Hall–Kier alpha value is -3.56. The molecule has 214 valence electrons. The third kappa shape index (κ3) is 7.55. The van der Waals surface area contributed by atoms with Crippen molar-refractivity contribution in [2.24, 2.45) is 0 Å². The average molecular weight is 586 g/mol. The molecule has 0 spiro atoms. The van der Waals surface area contributed by atoms with Crippen molar-refractivity contribution < 1.29 is 22.7 Å². The first-order valence-electron chi connectivity index (χ1n) is 13.1. The number of nitrogens with one attached hydrogen (secondary N) is 1. The Bertz CT molecular complexity index is 1430. The minimum Gasteiger partial charge on any atom is -0.492 e. The molecule has 1 N–H and O–H groups in total. The van der Waals surface area contributed by atoms with Crippen LogP contribution < -0.4 is 14.4 Å². The number of sulfonamides is 1. The summed E-state index contributed by atoms with van der Waals surface area (Å²) in [6.45, 7) is 8.89. The molecule has 3 aromatic rings. The molecule has 0 saturated carbocycles. The van der Waals surface area contributed by atoms with Crippen molar-refractivity contribution in [3.63, 3.8) is 0 Å². The molecule has 40 heavy (non-hydrogen) atoms. The average Bonchev–Trinajstić information content (AvgIpc) is 2.91. The van der Waals surface area contributed by atoms with Crippen molar-refractivity contribution in [1.29, 1.82) is 0 Å². The molecule has 10 heteroatoms. The van der Waals surface area contributed by atoms with E-state index in [1.807, 2.05) is 45.0 Å². The van der Waals surface area contributed by atoms with Gasteiger partial charge in [-0.3, -0.25) is 13.9 Å². The Kier molecular flexibility index (Phi) is 10.6. The number of benzene rings is 3. The molecule has 0 bridgehead atoms. The Morgan fingerprint density at radius 2 is 1.57 bits per heavy atom. The van der Waals surface area contributed by atoms with Gasteiger partial charge in [0.25, 0.3) is 10.0 Å². The molecule has 0 heterocycles. The number of carbonyl (C=O) groups excluding carboxylic acids is 2. The van der Waals surface area contributed by atoms with Gasteiger partial charge in [0, 0.05) is 17.6 Å². The maximum atomic E-state index is 14.1. The maximum Gasteiger partial charge on any atom is 0.264 e. The first-order chi connectivity index (χ1) is 18.9. The first kappa shape index (κ1) is 31.0. The minimum absolute atomic E-state index is 0.0351. The van der Waals surface area contributed by atoms with Gasteiger partial charge < -0.3 is 15.0 Å². The molecule has 0 aromatic heterocycles. The summed E-state index contributed by atoms with van der Waals surface area (Å²) in [6.07, 6.45) is 0. The quantitative estimate of drug-likeness (QED) is 0.316. The number of para-hydroxylation sites is 2. The van der Waals surface area contributed by atoms with E-state index in [0.29, 0.717) is 17.4 Å². The monoisotopic (exact) mass is 585 g/mol. The van der Waals surface area contributed by atoms with Crippen LogP contribution in [0.3, 0.4) is 0 Å². The van der Waals surface area contributed by atoms with Crippen molar-refractivity contribution >= 4 is 39.1 Å². The largest absolute Gasteiger partial charge is 0.492 e. The van der Waals surface area contributed by atoms with E-state index < -0.39 is 28.5 Å². The van der Waals surface area contributed by atoms with Crippen LogP contribution in [0, 0.1) is 6.92 Å². The smallest absolute Gasteiger partial charge is 0.264 e. The fourth-order valence-electron chi connectivity index (χ4n) is 4.15. The van der Waals surface area contributed by atoms with Gasteiger partial charge >= 0.3 is 0 Å². The Labute approximate surface area is 241 Å². The first-order valence-corrected chi connectivity index (χ1v) is 14.9. The second-order valence-corrected chi connectivity index (χ2v) is 12.0. The number of hydrogen-bond acceptors (Lipinski definition) is 5. The van der Waals surface area contributed by atoms with Crippen molar-refractivity contribution in [2.75, 3.05) is 17.5 Å².